The summed E-state index contributed by atoms with van der Waals surface area (Å²) in [6, 6.07) is 12.0. The van der Waals surface area contributed by atoms with Crippen LogP contribution in [0.2, 0.25) is 0 Å². The number of hydrogen-bond acceptors (Lipinski definition) is 2. The molecule has 3 rings (SSSR count). The minimum atomic E-state index is 0.494. The first kappa shape index (κ1) is 13.8. The van der Waals surface area contributed by atoms with E-state index >= 15 is 0 Å². The van der Waals surface area contributed by atoms with Gasteiger partial charge in [-0.25, -0.2) is 0 Å². The standard InChI is InChI=1S/C18H23NS/c1-2-19-18(11-10-17-7-4-12-20-17)16-9-8-14-5-3-6-15(14)13-16/h4,7-9,12-13,18-19H,2-3,5-6,10-11H2,1H3. The summed E-state index contributed by atoms with van der Waals surface area (Å²) < 4.78 is 0. The normalized spacial score (nSPS) is 15.2. The molecule has 106 valence electrons. The highest BCUT2D eigenvalue weighted by molar-refractivity contribution is 7.09. The molecule has 1 aromatic carbocycles. The highest BCUT2D eigenvalue weighted by Crippen LogP contribution is 2.27. The van der Waals surface area contributed by atoms with Crippen molar-refractivity contribution in [3.63, 3.8) is 0 Å². The largest absolute Gasteiger partial charge is 0.310 e. The first-order valence-corrected chi connectivity index (χ1v) is 8.62. The number of benzene rings is 1. The molecular formula is C18H23NS. The molecule has 1 atom stereocenters. The maximum absolute atomic E-state index is 3.66. The van der Waals surface area contributed by atoms with Crippen molar-refractivity contribution in [2.24, 2.45) is 0 Å². The third-order valence-corrected chi connectivity index (χ3v) is 5.17. The molecule has 0 saturated carbocycles. The first-order chi connectivity index (χ1) is 9.86. The maximum Gasteiger partial charge on any atom is 0.0323 e. The van der Waals surface area contributed by atoms with Gasteiger partial charge in [0, 0.05) is 10.9 Å². The Labute approximate surface area is 126 Å². The van der Waals surface area contributed by atoms with Gasteiger partial charge in [0.1, 0.15) is 0 Å². The molecule has 2 aromatic rings. The minimum absolute atomic E-state index is 0.494. The molecule has 0 saturated heterocycles. The molecule has 1 aliphatic carbocycles. The van der Waals surface area contributed by atoms with Gasteiger partial charge >= 0.3 is 0 Å². The van der Waals surface area contributed by atoms with Crippen LogP contribution >= 0.6 is 11.3 Å². The zero-order valence-corrected chi connectivity index (χ0v) is 13.0. The van der Waals surface area contributed by atoms with E-state index in [1.165, 1.54) is 42.5 Å². The van der Waals surface area contributed by atoms with E-state index in [2.05, 4.69) is 48.0 Å². The van der Waals surface area contributed by atoms with Crippen LogP contribution in [0.4, 0.5) is 0 Å². The van der Waals surface area contributed by atoms with Gasteiger partial charge in [0.15, 0.2) is 0 Å². The number of thiophene rings is 1. The molecule has 1 N–H and O–H groups in total. The second kappa shape index (κ2) is 6.55. The van der Waals surface area contributed by atoms with Crippen molar-refractivity contribution in [1.82, 2.24) is 5.32 Å². The number of rotatable bonds is 6. The van der Waals surface area contributed by atoms with E-state index in [0.29, 0.717) is 6.04 Å². The van der Waals surface area contributed by atoms with E-state index < -0.39 is 0 Å². The van der Waals surface area contributed by atoms with Gasteiger partial charge in [-0.3, -0.25) is 0 Å². The number of hydrogen-bond donors (Lipinski definition) is 1. The predicted molar refractivity (Wildman–Crippen MR) is 87.5 cm³/mol. The highest BCUT2D eigenvalue weighted by atomic mass is 32.1. The zero-order valence-electron chi connectivity index (χ0n) is 12.2. The van der Waals surface area contributed by atoms with Crippen LogP contribution in [0.25, 0.3) is 0 Å². The van der Waals surface area contributed by atoms with Crippen molar-refractivity contribution < 1.29 is 0 Å². The van der Waals surface area contributed by atoms with Crippen LogP contribution in [0.15, 0.2) is 35.7 Å². The summed E-state index contributed by atoms with van der Waals surface area (Å²) in [7, 11) is 0. The molecule has 1 aliphatic rings. The van der Waals surface area contributed by atoms with Crippen LogP contribution < -0.4 is 5.32 Å². The molecule has 1 aromatic heterocycles. The fraction of sp³-hybridized carbons (Fsp3) is 0.444. The number of aryl methyl sites for hydroxylation is 3. The molecular weight excluding hydrogens is 262 g/mol. The molecule has 1 heterocycles. The van der Waals surface area contributed by atoms with Crippen molar-refractivity contribution >= 4 is 11.3 Å². The van der Waals surface area contributed by atoms with Crippen LogP contribution in [-0.2, 0) is 19.3 Å². The Bertz CT molecular complexity index is 545. The molecule has 0 bridgehead atoms. The lowest BCUT2D eigenvalue weighted by molar-refractivity contribution is 0.516. The fourth-order valence-electron chi connectivity index (χ4n) is 3.18. The summed E-state index contributed by atoms with van der Waals surface area (Å²) in [5.74, 6) is 0. The van der Waals surface area contributed by atoms with Crippen molar-refractivity contribution in [1.29, 1.82) is 0 Å². The molecule has 20 heavy (non-hydrogen) atoms. The SMILES string of the molecule is CCNC(CCc1cccs1)c1ccc2c(c1)CCC2. The van der Waals surface area contributed by atoms with E-state index in [-0.39, 0.29) is 0 Å². The summed E-state index contributed by atoms with van der Waals surface area (Å²) in [6.45, 7) is 3.23. The van der Waals surface area contributed by atoms with Gasteiger partial charge in [-0.1, -0.05) is 31.2 Å². The highest BCUT2D eigenvalue weighted by Gasteiger charge is 2.15. The molecule has 0 aliphatic heterocycles. The van der Waals surface area contributed by atoms with Crippen LogP contribution in [0.5, 0.6) is 0 Å². The van der Waals surface area contributed by atoms with Crippen molar-refractivity contribution in [3.8, 4) is 0 Å². The average molecular weight is 285 g/mol. The summed E-state index contributed by atoms with van der Waals surface area (Å²) in [4.78, 5) is 1.49. The van der Waals surface area contributed by atoms with Gasteiger partial charge in [0.2, 0.25) is 0 Å². The van der Waals surface area contributed by atoms with Crippen LogP contribution in [0.1, 0.15) is 47.4 Å². The van der Waals surface area contributed by atoms with E-state index in [1.54, 1.807) is 11.1 Å². The number of nitrogens with one attached hydrogen (secondary N) is 1. The Balaban J connectivity index is 1.72. The maximum atomic E-state index is 3.66. The molecule has 1 nitrogen and oxygen atoms in total. The lowest BCUT2D eigenvalue weighted by atomic mass is 9.97. The molecule has 2 heteroatoms. The smallest absolute Gasteiger partial charge is 0.0323 e. The average Bonchev–Trinajstić information content (AvgIpc) is 3.13. The van der Waals surface area contributed by atoms with Crippen LogP contribution in [0.3, 0.4) is 0 Å². The summed E-state index contributed by atoms with van der Waals surface area (Å²) in [5.41, 5.74) is 4.63. The summed E-state index contributed by atoms with van der Waals surface area (Å²) >= 11 is 1.87. The molecule has 1 unspecified atom stereocenters. The van der Waals surface area contributed by atoms with Crippen LogP contribution in [-0.4, -0.2) is 6.54 Å². The van der Waals surface area contributed by atoms with Gasteiger partial charge in [0.05, 0.1) is 0 Å². The monoisotopic (exact) mass is 285 g/mol. The third kappa shape index (κ3) is 3.13. The zero-order chi connectivity index (χ0) is 13.8. The van der Waals surface area contributed by atoms with E-state index in [1.807, 2.05) is 11.3 Å². The van der Waals surface area contributed by atoms with E-state index in [9.17, 15) is 0 Å². The Morgan fingerprint density at radius 2 is 2.10 bits per heavy atom. The van der Waals surface area contributed by atoms with Crippen LogP contribution in [0, 0.1) is 0 Å². The summed E-state index contributed by atoms with van der Waals surface area (Å²) in [6.07, 6.45) is 6.24. The molecule has 0 radical (unpaired) electrons. The van der Waals surface area contributed by atoms with E-state index in [0.717, 1.165) is 6.54 Å². The minimum Gasteiger partial charge on any atom is -0.310 e. The van der Waals surface area contributed by atoms with Crippen molar-refractivity contribution in [3.05, 3.63) is 57.3 Å². The van der Waals surface area contributed by atoms with Gasteiger partial charge in [-0.2, -0.15) is 0 Å². The topological polar surface area (TPSA) is 12.0 Å². The number of fused-ring (bicyclic) bond motifs is 1. The second-order valence-electron chi connectivity index (χ2n) is 5.61. The van der Waals surface area contributed by atoms with Gasteiger partial charge in [-0.05, 0) is 66.8 Å². The lowest BCUT2D eigenvalue weighted by Gasteiger charge is -2.19. The Morgan fingerprint density at radius 1 is 1.20 bits per heavy atom. The van der Waals surface area contributed by atoms with Gasteiger partial charge < -0.3 is 5.32 Å². The Morgan fingerprint density at radius 3 is 2.90 bits per heavy atom. The van der Waals surface area contributed by atoms with Gasteiger partial charge in [0.25, 0.3) is 0 Å². The molecule has 0 amide bonds. The van der Waals surface area contributed by atoms with Gasteiger partial charge in [-0.15, -0.1) is 11.3 Å². The molecule has 0 fully saturated rings. The quantitative estimate of drug-likeness (QED) is 0.823. The van der Waals surface area contributed by atoms with Crippen molar-refractivity contribution in [2.75, 3.05) is 6.54 Å². The fourth-order valence-corrected chi connectivity index (χ4v) is 3.91. The summed E-state index contributed by atoms with van der Waals surface area (Å²) in [5, 5.41) is 5.83. The Kier molecular flexibility index (Phi) is 4.54. The molecule has 0 spiro atoms. The second-order valence-corrected chi connectivity index (χ2v) is 6.64. The lowest BCUT2D eigenvalue weighted by Crippen LogP contribution is -2.21. The third-order valence-electron chi connectivity index (χ3n) is 4.23. The van der Waals surface area contributed by atoms with E-state index in [4.69, 9.17) is 0 Å². The van der Waals surface area contributed by atoms with Crippen molar-refractivity contribution in [2.45, 2.75) is 45.1 Å². The first-order valence-electron chi connectivity index (χ1n) is 7.74. The Hall–Kier alpha value is -1.12. The predicted octanol–water partition coefficient (Wildman–Crippen LogP) is 4.52.